The summed E-state index contributed by atoms with van der Waals surface area (Å²) in [5.41, 5.74) is 9.08. The summed E-state index contributed by atoms with van der Waals surface area (Å²) in [5, 5.41) is 3.36. The summed E-state index contributed by atoms with van der Waals surface area (Å²) < 4.78 is 5.74. The number of nitrogens with zero attached hydrogens (tertiary/aromatic N) is 1. The quantitative estimate of drug-likeness (QED) is 0.317. The van der Waals surface area contributed by atoms with E-state index in [-0.39, 0.29) is 29.6 Å². The second-order valence-electron chi connectivity index (χ2n) is 8.66. The van der Waals surface area contributed by atoms with Crippen LogP contribution in [-0.4, -0.2) is 34.2 Å². The number of benzene rings is 1. The Hall–Kier alpha value is -3.17. The molecule has 1 atom stereocenters. The van der Waals surface area contributed by atoms with Crippen molar-refractivity contribution in [1.82, 2.24) is 15.3 Å². The van der Waals surface area contributed by atoms with Crippen LogP contribution >= 0.6 is 11.8 Å². The van der Waals surface area contributed by atoms with Gasteiger partial charge in [-0.15, -0.1) is 0 Å². The molecule has 1 aliphatic carbocycles. The predicted molar refractivity (Wildman–Crippen MR) is 131 cm³/mol. The number of aryl methyl sites for hydroxylation is 1. The number of rotatable bonds is 9. The van der Waals surface area contributed by atoms with Gasteiger partial charge >= 0.3 is 0 Å². The van der Waals surface area contributed by atoms with Crippen molar-refractivity contribution in [2.45, 2.75) is 50.1 Å². The topological polar surface area (TPSA) is 131 Å². The zero-order chi connectivity index (χ0) is 24.2. The molecule has 1 aliphatic rings. The fourth-order valence-corrected chi connectivity index (χ4v) is 4.81. The van der Waals surface area contributed by atoms with Crippen LogP contribution in [0, 0.1) is 5.92 Å². The third-order valence-corrected chi connectivity index (χ3v) is 6.81. The first-order valence-electron chi connectivity index (χ1n) is 11.3. The van der Waals surface area contributed by atoms with Gasteiger partial charge in [-0.05, 0) is 42.9 Å². The van der Waals surface area contributed by atoms with Crippen molar-refractivity contribution in [3.05, 3.63) is 69.3 Å². The fraction of sp³-hybridized carbons (Fsp3) is 0.360. The van der Waals surface area contributed by atoms with Crippen LogP contribution in [0.2, 0.25) is 0 Å². The smallest absolute Gasteiger partial charge is 0.287 e. The third kappa shape index (κ3) is 5.31. The molecular formula is C25H28N4O4S. The van der Waals surface area contributed by atoms with Crippen molar-refractivity contribution in [3.8, 4) is 11.3 Å². The minimum absolute atomic E-state index is 0.0230. The molecule has 178 valence electrons. The molecule has 9 heteroatoms. The standard InChI is InChI=1S/C25H28N4O4S/c1-14(2)22(19(30)12-26)28-24(32)21-11-10-20(33-21)16-8-6-15(7-9-16)13-34-25-27-18-5-3-4-17(18)23(31)29-25/h6-11,14,22H,3-5,12-13,26H2,1-2H3,(H,28,32)(H,27,29,31)/t22-/m0/s1. The second kappa shape index (κ2) is 10.4. The van der Waals surface area contributed by atoms with Crippen LogP contribution in [0.5, 0.6) is 0 Å². The van der Waals surface area contributed by atoms with Gasteiger partial charge in [0.25, 0.3) is 11.5 Å². The summed E-state index contributed by atoms with van der Waals surface area (Å²) >= 11 is 1.50. The number of hydrogen-bond acceptors (Lipinski definition) is 7. The third-order valence-electron chi connectivity index (χ3n) is 5.86. The number of hydrogen-bond donors (Lipinski definition) is 3. The molecule has 2 heterocycles. The monoisotopic (exact) mass is 480 g/mol. The van der Waals surface area contributed by atoms with Crippen molar-refractivity contribution in [3.63, 3.8) is 0 Å². The number of ketones is 1. The maximum atomic E-state index is 12.6. The van der Waals surface area contributed by atoms with Crippen molar-refractivity contribution in [1.29, 1.82) is 0 Å². The Bertz CT molecular complexity index is 1250. The highest BCUT2D eigenvalue weighted by Crippen LogP contribution is 2.26. The van der Waals surface area contributed by atoms with Gasteiger partial charge in [-0.2, -0.15) is 0 Å². The SMILES string of the molecule is CC(C)[C@H](NC(=O)c1ccc(-c2ccc(CSc3nc4c(c(=O)[nH]3)CCC4)cc2)o1)C(=O)CN. The van der Waals surface area contributed by atoms with Crippen LogP contribution in [0.3, 0.4) is 0 Å². The first kappa shape index (κ1) is 24.0. The summed E-state index contributed by atoms with van der Waals surface area (Å²) in [6, 6.07) is 10.5. The van der Waals surface area contributed by atoms with Crippen LogP contribution in [0.15, 0.2) is 50.8 Å². The van der Waals surface area contributed by atoms with Gasteiger partial charge in [0.15, 0.2) is 16.7 Å². The highest BCUT2D eigenvalue weighted by Gasteiger charge is 2.25. The molecule has 0 spiro atoms. The summed E-state index contributed by atoms with van der Waals surface area (Å²) in [6.07, 6.45) is 2.66. The second-order valence-corrected chi connectivity index (χ2v) is 9.63. The van der Waals surface area contributed by atoms with Gasteiger partial charge in [-0.3, -0.25) is 14.4 Å². The summed E-state index contributed by atoms with van der Waals surface area (Å²) in [7, 11) is 0. The average molecular weight is 481 g/mol. The van der Waals surface area contributed by atoms with Crippen molar-refractivity contribution in [2.75, 3.05) is 6.54 Å². The molecule has 0 saturated heterocycles. The molecule has 0 unspecified atom stereocenters. The number of aromatic nitrogens is 2. The van der Waals surface area contributed by atoms with Crippen LogP contribution < -0.4 is 16.6 Å². The van der Waals surface area contributed by atoms with Crippen LogP contribution in [-0.2, 0) is 23.4 Å². The number of thioether (sulfide) groups is 1. The molecule has 34 heavy (non-hydrogen) atoms. The van der Waals surface area contributed by atoms with Gasteiger partial charge in [0, 0.05) is 16.9 Å². The van der Waals surface area contributed by atoms with Gasteiger partial charge in [0.05, 0.1) is 18.3 Å². The van der Waals surface area contributed by atoms with Crippen molar-refractivity contribution >= 4 is 23.5 Å². The van der Waals surface area contributed by atoms with Gasteiger partial charge in [0.2, 0.25) is 0 Å². The highest BCUT2D eigenvalue weighted by molar-refractivity contribution is 7.98. The first-order valence-corrected chi connectivity index (χ1v) is 12.3. The van der Waals surface area contributed by atoms with Gasteiger partial charge < -0.3 is 20.5 Å². The van der Waals surface area contributed by atoms with Crippen molar-refractivity contribution in [2.24, 2.45) is 11.7 Å². The van der Waals surface area contributed by atoms with E-state index in [1.807, 2.05) is 38.1 Å². The van der Waals surface area contributed by atoms with E-state index < -0.39 is 11.9 Å². The molecule has 4 N–H and O–H groups in total. The summed E-state index contributed by atoms with van der Waals surface area (Å²) in [6.45, 7) is 3.57. The number of aromatic amines is 1. The predicted octanol–water partition coefficient (Wildman–Crippen LogP) is 3.09. The molecule has 8 nitrogen and oxygen atoms in total. The van der Waals surface area contributed by atoms with Crippen LogP contribution in [0.1, 0.15) is 47.6 Å². The van der Waals surface area contributed by atoms with E-state index in [9.17, 15) is 14.4 Å². The Morgan fingerprint density at radius 2 is 1.94 bits per heavy atom. The normalized spacial score (nSPS) is 13.6. The summed E-state index contributed by atoms with van der Waals surface area (Å²) in [5.74, 6) is 0.611. The highest BCUT2D eigenvalue weighted by atomic mass is 32.2. The molecular weight excluding hydrogens is 452 g/mol. The zero-order valence-electron chi connectivity index (χ0n) is 19.2. The summed E-state index contributed by atoms with van der Waals surface area (Å²) in [4.78, 5) is 44.2. The number of nitrogens with two attached hydrogens (primary N) is 1. The molecule has 2 aromatic heterocycles. The van der Waals surface area contributed by atoms with E-state index in [1.165, 1.54) is 11.8 Å². The molecule has 3 aromatic rings. The Morgan fingerprint density at radius 1 is 1.18 bits per heavy atom. The lowest BCUT2D eigenvalue weighted by Gasteiger charge is -2.19. The zero-order valence-corrected chi connectivity index (χ0v) is 20.0. The Morgan fingerprint density at radius 3 is 2.65 bits per heavy atom. The molecule has 1 amide bonds. The van der Waals surface area contributed by atoms with Crippen LogP contribution in [0.25, 0.3) is 11.3 Å². The Kier molecular flexibility index (Phi) is 7.33. The number of carbonyl (C=O) groups is 2. The van der Waals surface area contributed by atoms with E-state index in [0.717, 1.165) is 41.6 Å². The number of Topliss-reactive ketones (excluding diaryl/α,β-unsaturated/α-hetero) is 1. The minimum Gasteiger partial charge on any atom is -0.451 e. The maximum absolute atomic E-state index is 12.6. The van der Waals surface area contributed by atoms with E-state index in [2.05, 4.69) is 15.3 Å². The lowest BCUT2D eigenvalue weighted by molar-refractivity contribution is -0.120. The lowest BCUT2D eigenvalue weighted by Crippen LogP contribution is -2.46. The largest absolute Gasteiger partial charge is 0.451 e. The molecule has 0 saturated carbocycles. The molecule has 0 fully saturated rings. The molecule has 4 rings (SSSR count). The number of H-pyrrole nitrogens is 1. The Balaban J connectivity index is 1.39. The number of carbonyl (C=O) groups excluding carboxylic acids is 2. The maximum Gasteiger partial charge on any atom is 0.287 e. The molecule has 0 aliphatic heterocycles. The van der Waals surface area contributed by atoms with E-state index in [4.69, 9.17) is 10.2 Å². The number of amides is 1. The van der Waals surface area contributed by atoms with Gasteiger partial charge in [0.1, 0.15) is 5.76 Å². The molecule has 0 bridgehead atoms. The van der Waals surface area contributed by atoms with Crippen LogP contribution in [0.4, 0.5) is 0 Å². The average Bonchev–Trinajstić information content (AvgIpc) is 3.51. The van der Waals surface area contributed by atoms with E-state index in [0.29, 0.717) is 16.7 Å². The number of nitrogens with one attached hydrogen (secondary N) is 2. The fourth-order valence-electron chi connectivity index (χ4n) is 3.98. The first-order chi connectivity index (χ1) is 16.4. The molecule has 1 aromatic carbocycles. The lowest BCUT2D eigenvalue weighted by atomic mass is 10.00. The number of fused-ring (bicyclic) bond motifs is 1. The minimum atomic E-state index is -0.655. The van der Waals surface area contributed by atoms with Crippen molar-refractivity contribution < 1.29 is 14.0 Å². The van der Waals surface area contributed by atoms with E-state index >= 15 is 0 Å². The van der Waals surface area contributed by atoms with E-state index in [1.54, 1.807) is 12.1 Å². The number of furan rings is 1. The Labute approximate surface area is 201 Å². The van der Waals surface area contributed by atoms with Gasteiger partial charge in [-0.25, -0.2) is 4.98 Å². The molecule has 0 radical (unpaired) electrons. The van der Waals surface area contributed by atoms with Gasteiger partial charge in [-0.1, -0.05) is 49.9 Å².